The highest BCUT2D eigenvalue weighted by atomic mass is 35.5. The van der Waals surface area contributed by atoms with Gasteiger partial charge in [-0.2, -0.15) is 0 Å². The lowest BCUT2D eigenvalue weighted by molar-refractivity contribution is -0.123. The first-order valence-electron chi connectivity index (χ1n) is 11.1. The summed E-state index contributed by atoms with van der Waals surface area (Å²) >= 11 is 6.98. The zero-order chi connectivity index (χ0) is 24.6. The van der Waals surface area contributed by atoms with Gasteiger partial charge in [0.05, 0.1) is 16.5 Å². The largest absolute Gasteiger partial charge is 0.490 e. The minimum atomic E-state index is -0.361. The molecule has 2 amide bonds. The molecule has 0 N–H and O–H groups in total. The predicted molar refractivity (Wildman–Crippen MR) is 138 cm³/mol. The third kappa shape index (κ3) is 6.59. The Kier molecular flexibility index (Phi) is 8.34. The summed E-state index contributed by atoms with van der Waals surface area (Å²) in [6.07, 6.45) is 1.68. The first kappa shape index (κ1) is 24.7. The molecule has 0 saturated carbocycles. The maximum Gasteiger partial charge on any atom is 0.293 e. The van der Waals surface area contributed by atoms with Gasteiger partial charge in [-0.25, -0.2) is 0 Å². The summed E-state index contributed by atoms with van der Waals surface area (Å²) in [5.41, 5.74) is 1.88. The normalized spacial score (nSPS) is 14.5. The number of nitrogens with zero attached hydrogens (tertiary/aromatic N) is 1. The van der Waals surface area contributed by atoms with E-state index >= 15 is 0 Å². The average Bonchev–Trinajstić information content (AvgIpc) is 3.12. The third-order valence-corrected chi connectivity index (χ3v) is 6.34. The van der Waals surface area contributed by atoms with Crippen molar-refractivity contribution in [3.8, 4) is 17.2 Å². The number of aryl methyl sites for hydroxylation is 1. The molecule has 1 aliphatic rings. The van der Waals surface area contributed by atoms with Gasteiger partial charge in [0.2, 0.25) is 0 Å². The van der Waals surface area contributed by atoms with Gasteiger partial charge < -0.3 is 14.2 Å². The molecule has 3 aromatic carbocycles. The number of para-hydroxylation sites is 2. The van der Waals surface area contributed by atoms with Crippen molar-refractivity contribution in [3.05, 3.63) is 93.9 Å². The second-order valence-electron chi connectivity index (χ2n) is 7.66. The highest BCUT2D eigenvalue weighted by molar-refractivity contribution is 8.18. The van der Waals surface area contributed by atoms with E-state index in [4.69, 9.17) is 25.8 Å². The number of halogens is 1. The van der Waals surface area contributed by atoms with Crippen LogP contribution in [-0.4, -0.2) is 42.4 Å². The maximum atomic E-state index is 12.9. The number of hydrogen-bond acceptors (Lipinski definition) is 6. The number of thioether (sulfide) groups is 1. The minimum Gasteiger partial charge on any atom is -0.490 e. The Morgan fingerprint density at radius 3 is 2.26 bits per heavy atom. The van der Waals surface area contributed by atoms with Crippen LogP contribution in [0.25, 0.3) is 6.08 Å². The Labute approximate surface area is 213 Å². The topological polar surface area (TPSA) is 65.1 Å². The molecule has 1 fully saturated rings. The molecule has 8 heteroatoms. The van der Waals surface area contributed by atoms with Gasteiger partial charge in [-0.1, -0.05) is 59.6 Å². The standard InChI is InChI=1S/C27H24ClNO5S/c1-19-10-12-21(13-11-19)32-16-17-34-23-8-4-2-6-20(23)18-25-26(30)29(27(31)35-25)14-15-33-24-9-5-3-7-22(24)28/h2-13,18H,14-17H2,1H3/b25-18-. The number of amides is 2. The molecular formula is C27H24ClNO5S. The summed E-state index contributed by atoms with van der Waals surface area (Å²) in [6.45, 7) is 3.00. The van der Waals surface area contributed by atoms with E-state index in [2.05, 4.69) is 0 Å². The molecular weight excluding hydrogens is 486 g/mol. The van der Waals surface area contributed by atoms with Crippen molar-refractivity contribution in [2.24, 2.45) is 0 Å². The Bertz CT molecular complexity index is 1230. The number of carbonyl (C=O) groups excluding carboxylic acids is 2. The highest BCUT2D eigenvalue weighted by Crippen LogP contribution is 2.34. The van der Waals surface area contributed by atoms with Crippen molar-refractivity contribution in [1.29, 1.82) is 0 Å². The van der Waals surface area contributed by atoms with Gasteiger partial charge in [-0.3, -0.25) is 14.5 Å². The summed E-state index contributed by atoms with van der Waals surface area (Å²) in [6, 6.07) is 22.2. The minimum absolute atomic E-state index is 0.127. The molecule has 1 aliphatic heterocycles. The van der Waals surface area contributed by atoms with Crippen molar-refractivity contribution in [2.75, 3.05) is 26.4 Å². The molecule has 0 atom stereocenters. The number of ether oxygens (including phenoxy) is 3. The summed E-state index contributed by atoms with van der Waals surface area (Å²) in [4.78, 5) is 26.8. The molecule has 0 aliphatic carbocycles. The third-order valence-electron chi connectivity index (χ3n) is 5.12. The van der Waals surface area contributed by atoms with Gasteiger partial charge in [0.1, 0.15) is 37.1 Å². The van der Waals surface area contributed by atoms with Gasteiger partial charge in [-0.15, -0.1) is 0 Å². The average molecular weight is 510 g/mol. The van der Waals surface area contributed by atoms with Crippen molar-refractivity contribution >= 4 is 40.6 Å². The molecule has 0 bridgehead atoms. The van der Waals surface area contributed by atoms with Crippen LogP contribution in [0.1, 0.15) is 11.1 Å². The Morgan fingerprint density at radius 1 is 0.829 bits per heavy atom. The van der Waals surface area contributed by atoms with Gasteiger partial charge in [0, 0.05) is 5.56 Å². The van der Waals surface area contributed by atoms with Crippen molar-refractivity contribution in [3.63, 3.8) is 0 Å². The van der Waals surface area contributed by atoms with Crippen LogP contribution < -0.4 is 14.2 Å². The van der Waals surface area contributed by atoms with Crippen LogP contribution in [0.2, 0.25) is 5.02 Å². The van der Waals surface area contributed by atoms with Crippen LogP contribution in [0.5, 0.6) is 17.2 Å². The molecule has 1 heterocycles. The van der Waals surface area contributed by atoms with Crippen LogP contribution in [-0.2, 0) is 4.79 Å². The van der Waals surface area contributed by atoms with E-state index in [1.165, 1.54) is 10.5 Å². The second kappa shape index (κ2) is 11.8. The fraction of sp³-hybridized carbons (Fsp3) is 0.185. The molecule has 0 spiro atoms. The Balaban J connectivity index is 1.34. The van der Waals surface area contributed by atoms with E-state index in [1.807, 2.05) is 55.5 Å². The zero-order valence-electron chi connectivity index (χ0n) is 19.1. The van der Waals surface area contributed by atoms with Crippen LogP contribution in [0, 0.1) is 6.92 Å². The molecule has 180 valence electrons. The van der Waals surface area contributed by atoms with E-state index < -0.39 is 0 Å². The molecule has 35 heavy (non-hydrogen) atoms. The van der Waals surface area contributed by atoms with E-state index in [0.29, 0.717) is 40.2 Å². The van der Waals surface area contributed by atoms with Gasteiger partial charge in [-0.05, 0) is 55.1 Å². The van der Waals surface area contributed by atoms with Crippen molar-refractivity contribution in [1.82, 2.24) is 4.90 Å². The Hall–Kier alpha value is -3.42. The second-order valence-corrected chi connectivity index (χ2v) is 9.06. The van der Waals surface area contributed by atoms with E-state index in [-0.39, 0.29) is 24.3 Å². The lowest BCUT2D eigenvalue weighted by atomic mass is 10.2. The Morgan fingerprint density at radius 2 is 1.49 bits per heavy atom. The van der Waals surface area contributed by atoms with Gasteiger partial charge in [0.25, 0.3) is 11.1 Å². The lowest BCUT2D eigenvalue weighted by Crippen LogP contribution is -2.32. The molecule has 0 unspecified atom stereocenters. The monoisotopic (exact) mass is 509 g/mol. The van der Waals surface area contributed by atoms with Gasteiger partial charge >= 0.3 is 0 Å². The number of rotatable bonds is 10. The molecule has 0 radical (unpaired) electrons. The molecule has 1 saturated heterocycles. The van der Waals surface area contributed by atoms with E-state index in [1.54, 1.807) is 30.3 Å². The first-order chi connectivity index (χ1) is 17.0. The molecule has 6 nitrogen and oxygen atoms in total. The van der Waals surface area contributed by atoms with Crippen molar-refractivity contribution in [2.45, 2.75) is 6.92 Å². The first-order valence-corrected chi connectivity index (χ1v) is 12.2. The lowest BCUT2D eigenvalue weighted by Gasteiger charge is -2.14. The number of benzene rings is 3. The van der Waals surface area contributed by atoms with Gasteiger partial charge in [0.15, 0.2) is 0 Å². The van der Waals surface area contributed by atoms with Crippen molar-refractivity contribution < 1.29 is 23.8 Å². The molecule has 0 aromatic heterocycles. The van der Waals surface area contributed by atoms with Crippen LogP contribution in [0.3, 0.4) is 0 Å². The summed E-state index contributed by atoms with van der Waals surface area (Å²) in [7, 11) is 0. The molecule has 4 rings (SSSR count). The predicted octanol–water partition coefficient (Wildman–Crippen LogP) is 6.22. The SMILES string of the molecule is Cc1ccc(OCCOc2ccccc2/C=C2\SC(=O)N(CCOc3ccccc3Cl)C2=O)cc1. The van der Waals surface area contributed by atoms with Crippen LogP contribution >= 0.6 is 23.4 Å². The quantitative estimate of drug-likeness (QED) is 0.239. The summed E-state index contributed by atoms with van der Waals surface area (Å²) < 4.78 is 17.2. The highest BCUT2D eigenvalue weighted by Gasteiger charge is 2.35. The van der Waals surface area contributed by atoms with E-state index in [9.17, 15) is 9.59 Å². The zero-order valence-corrected chi connectivity index (χ0v) is 20.7. The van der Waals surface area contributed by atoms with Crippen LogP contribution in [0.15, 0.2) is 77.7 Å². The number of carbonyl (C=O) groups is 2. The molecule has 3 aromatic rings. The maximum absolute atomic E-state index is 12.9. The van der Waals surface area contributed by atoms with E-state index in [0.717, 1.165) is 17.5 Å². The summed E-state index contributed by atoms with van der Waals surface area (Å²) in [5.74, 6) is 1.53. The van der Waals surface area contributed by atoms with Crippen LogP contribution in [0.4, 0.5) is 4.79 Å². The summed E-state index contributed by atoms with van der Waals surface area (Å²) in [5, 5.41) is 0.135. The number of imide groups is 1. The fourth-order valence-corrected chi connectivity index (χ4v) is 4.37. The number of hydrogen-bond donors (Lipinski definition) is 0. The smallest absolute Gasteiger partial charge is 0.293 e. The fourth-order valence-electron chi connectivity index (χ4n) is 3.32.